The monoisotopic (exact) mass is 437 g/mol. The fraction of sp³-hybridized carbons (Fsp3) is 0.333. The number of alkyl halides is 3. The normalized spacial score (nSPS) is 19.6. The van der Waals surface area contributed by atoms with Gasteiger partial charge in [-0.25, -0.2) is 9.37 Å². The third kappa shape index (κ3) is 4.56. The minimum absolute atomic E-state index is 0.00998. The first-order chi connectivity index (χ1) is 14.3. The number of hydrogen-bond acceptors (Lipinski definition) is 4. The van der Waals surface area contributed by atoms with Crippen molar-refractivity contribution in [3.63, 3.8) is 0 Å². The predicted octanol–water partition coefficient (Wildman–Crippen LogP) is 5.61. The van der Waals surface area contributed by atoms with Crippen LogP contribution >= 0.6 is 11.3 Å². The van der Waals surface area contributed by atoms with Crippen LogP contribution in [-0.4, -0.2) is 23.0 Å². The molecule has 1 aromatic carbocycles. The second-order valence-electron chi connectivity index (χ2n) is 7.37. The maximum Gasteiger partial charge on any atom is 0.433 e. The van der Waals surface area contributed by atoms with Gasteiger partial charge < -0.3 is 10.6 Å². The molecular weight excluding hydrogens is 418 g/mol. The Kier molecular flexibility index (Phi) is 5.64. The van der Waals surface area contributed by atoms with Crippen LogP contribution in [0.4, 0.5) is 23.2 Å². The molecule has 0 saturated heterocycles. The lowest BCUT2D eigenvalue weighted by Gasteiger charge is -2.30. The summed E-state index contributed by atoms with van der Waals surface area (Å²) in [7, 11) is 0. The third-order valence-electron chi connectivity index (χ3n) is 5.22. The second kappa shape index (κ2) is 8.22. The van der Waals surface area contributed by atoms with Gasteiger partial charge in [0.2, 0.25) is 0 Å². The Morgan fingerprint density at radius 1 is 1.07 bits per heavy atom. The summed E-state index contributed by atoms with van der Waals surface area (Å²) < 4.78 is 52.8. The van der Waals surface area contributed by atoms with E-state index in [1.54, 1.807) is 24.3 Å². The number of nitrogens with one attached hydrogen (secondary N) is 2. The Bertz CT molecular complexity index is 1060. The zero-order chi connectivity index (χ0) is 21.3. The van der Waals surface area contributed by atoms with Crippen molar-refractivity contribution in [2.45, 2.75) is 43.9 Å². The number of para-hydroxylation sites is 1. The van der Waals surface area contributed by atoms with Gasteiger partial charge in [-0.1, -0.05) is 18.2 Å². The summed E-state index contributed by atoms with van der Waals surface area (Å²) in [4.78, 5) is 16.2. The molecule has 2 heterocycles. The number of aromatic nitrogens is 1. The number of anilines is 1. The molecule has 1 aliphatic carbocycles. The van der Waals surface area contributed by atoms with Crippen LogP contribution in [0.2, 0.25) is 0 Å². The number of amides is 1. The molecule has 0 radical (unpaired) electrons. The lowest BCUT2D eigenvalue weighted by molar-refractivity contribution is -0.140. The first-order valence-corrected chi connectivity index (χ1v) is 10.5. The first kappa shape index (κ1) is 20.6. The Labute approximate surface area is 174 Å². The predicted molar refractivity (Wildman–Crippen MR) is 108 cm³/mol. The molecule has 0 atom stereocenters. The molecule has 4 nitrogen and oxygen atoms in total. The van der Waals surface area contributed by atoms with Crippen LogP contribution in [0.3, 0.4) is 0 Å². The van der Waals surface area contributed by atoms with Crippen LogP contribution in [0, 0.1) is 5.82 Å². The fourth-order valence-electron chi connectivity index (χ4n) is 3.73. The van der Waals surface area contributed by atoms with Crippen LogP contribution in [-0.2, 0) is 6.18 Å². The molecule has 0 unspecified atom stereocenters. The molecule has 0 aliphatic heterocycles. The van der Waals surface area contributed by atoms with Gasteiger partial charge in [0.05, 0.1) is 10.4 Å². The molecule has 4 rings (SSSR count). The van der Waals surface area contributed by atoms with Gasteiger partial charge in [-0.05, 0) is 43.9 Å². The molecule has 0 spiro atoms. The Morgan fingerprint density at radius 2 is 1.77 bits per heavy atom. The third-order valence-corrected chi connectivity index (χ3v) is 6.12. The average molecular weight is 437 g/mol. The number of fused-ring (bicyclic) bond motifs is 1. The number of rotatable bonds is 4. The van der Waals surface area contributed by atoms with Crippen molar-refractivity contribution >= 4 is 33.8 Å². The summed E-state index contributed by atoms with van der Waals surface area (Å²) in [5.41, 5.74) is -0.221. The summed E-state index contributed by atoms with van der Waals surface area (Å²) in [5, 5.41) is 8.08. The Balaban J connectivity index is 1.42. The quantitative estimate of drug-likeness (QED) is 0.522. The maximum atomic E-state index is 13.2. The molecule has 1 aliphatic rings. The highest BCUT2D eigenvalue weighted by atomic mass is 32.1. The van der Waals surface area contributed by atoms with Crippen molar-refractivity contribution in [1.29, 1.82) is 0 Å². The van der Waals surface area contributed by atoms with Crippen molar-refractivity contribution in [2.24, 2.45) is 0 Å². The molecule has 2 aromatic heterocycles. The molecule has 1 fully saturated rings. The maximum absolute atomic E-state index is 13.2. The summed E-state index contributed by atoms with van der Waals surface area (Å²) in [6, 6.07) is 8.95. The fourth-order valence-corrected chi connectivity index (χ4v) is 4.38. The second-order valence-corrected chi connectivity index (χ2v) is 8.28. The first-order valence-electron chi connectivity index (χ1n) is 9.58. The molecule has 2 N–H and O–H groups in total. The zero-order valence-corrected chi connectivity index (χ0v) is 16.6. The molecule has 1 saturated carbocycles. The van der Waals surface area contributed by atoms with Crippen molar-refractivity contribution < 1.29 is 22.4 Å². The van der Waals surface area contributed by atoms with Gasteiger partial charge in [0, 0.05) is 28.5 Å². The highest BCUT2D eigenvalue weighted by molar-refractivity contribution is 7.12. The van der Waals surface area contributed by atoms with E-state index < -0.39 is 17.7 Å². The standard InChI is InChI=1S/C21H19F4N3OS/c22-12-9-18(30-11-12)20(29)27-14-7-5-13(6-8-14)26-17-10-19(21(23,24)25)28-16-4-2-1-3-15(16)17/h1-4,9-11,13-14H,5-8H2,(H,26,28)(H,27,29). The van der Waals surface area contributed by atoms with Crippen LogP contribution < -0.4 is 10.6 Å². The smallest absolute Gasteiger partial charge is 0.382 e. The van der Waals surface area contributed by atoms with Crippen molar-refractivity contribution in [2.75, 3.05) is 5.32 Å². The number of carbonyl (C=O) groups excluding carboxylic acids is 1. The number of hydrogen-bond donors (Lipinski definition) is 2. The van der Waals surface area contributed by atoms with Crippen LogP contribution in [0.5, 0.6) is 0 Å². The lowest BCUT2D eigenvalue weighted by atomic mass is 9.90. The molecule has 1 amide bonds. The summed E-state index contributed by atoms with van der Waals surface area (Å²) in [6.45, 7) is 0. The van der Waals surface area contributed by atoms with E-state index in [1.807, 2.05) is 0 Å². The summed E-state index contributed by atoms with van der Waals surface area (Å²) in [5.74, 6) is -0.726. The van der Waals surface area contributed by atoms with Gasteiger partial charge in [0.25, 0.3) is 5.91 Å². The van der Waals surface area contributed by atoms with Crippen molar-refractivity contribution in [1.82, 2.24) is 10.3 Å². The topological polar surface area (TPSA) is 54.0 Å². The molecule has 30 heavy (non-hydrogen) atoms. The average Bonchev–Trinajstić information content (AvgIpc) is 3.15. The molecule has 0 bridgehead atoms. The van der Waals surface area contributed by atoms with Gasteiger partial charge in [-0.15, -0.1) is 11.3 Å². The zero-order valence-electron chi connectivity index (χ0n) is 15.8. The van der Waals surface area contributed by atoms with E-state index in [4.69, 9.17) is 0 Å². The van der Waals surface area contributed by atoms with Crippen molar-refractivity contribution in [3.05, 3.63) is 58.2 Å². The van der Waals surface area contributed by atoms with E-state index >= 15 is 0 Å². The van der Waals surface area contributed by atoms with Crippen LogP contribution in [0.25, 0.3) is 10.9 Å². The molecule has 9 heteroatoms. The molecule has 3 aromatic rings. The van der Waals surface area contributed by atoms with E-state index in [0.29, 0.717) is 47.2 Å². The highest BCUT2D eigenvalue weighted by Gasteiger charge is 2.34. The summed E-state index contributed by atoms with van der Waals surface area (Å²) in [6.07, 6.45) is -1.76. The number of nitrogens with zero attached hydrogens (tertiary/aromatic N) is 1. The van der Waals surface area contributed by atoms with E-state index in [9.17, 15) is 22.4 Å². The van der Waals surface area contributed by atoms with E-state index in [-0.39, 0.29) is 18.0 Å². The molecule has 158 valence electrons. The van der Waals surface area contributed by atoms with Gasteiger partial charge in [0.15, 0.2) is 0 Å². The van der Waals surface area contributed by atoms with E-state index in [2.05, 4.69) is 15.6 Å². The van der Waals surface area contributed by atoms with E-state index in [0.717, 1.165) is 17.4 Å². The van der Waals surface area contributed by atoms with Crippen LogP contribution in [0.1, 0.15) is 41.0 Å². The number of pyridine rings is 1. The minimum atomic E-state index is -4.52. The van der Waals surface area contributed by atoms with Crippen molar-refractivity contribution in [3.8, 4) is 0 Å². The van der Waals surface area contributed by atoms with E-state index in [1.165, 1.54) is 11.4 Å². The van der Waals surface area contributed by atoms with Gasteiger partial charge in [0.1, 0.15) is 11.5 Å². The summed E-state index contributed by atoms with van der Waals surface area (Å²) >= 11 is 1.06. The van der Waals surface area contributed by atoms with Gasteiger partial charge >= 0.3 is 6.18 Å². The number of halogens is 4. The lowest BCUT2D eigenvalue weighted by Crippen LogP contribution is -2.40. The molecular formula is C21H19F4N3OS. The number of benzene rings is 1. The number of carbonyl (C=O) groups is 1. The van der Waals surface area contributed by atoms with Crippen LogP contribution in [0.15, 0.2) is 41.8 Å². The highest BCUT2D eigenvalue weighted by Crippen LogP contribution is 2.34. The Morgan fingerprint density at radius 3 is 2.43 bits per heavy atom. The van der Waals surface area contributed by atoms with Gasteiger partial charge in [-0.2, -0.15) is 13.2 Å². The van der Waals surface area contributed by atoms with Gasteiger partial charge in [-0.3, -0.25) is 4.79 Å². The SMILES string of the molecule is O=C(NC1CCC(Nc2cc(C(F)(F)F)nc3ccccc23)CC1)c1cc(F)cs1. The minimum Gasteiger partial charge on any atom is -0.382 e. The largest absolute Gasteiger partial charge is 0.433 e. The Hall–Kier alpha value is -2.68. The number of thiophene rings is 1.